The van der Waals surface area contributed by atoms with Crippen LogP contribution in [0.5, 0.6) is 5.75 Å². The average Bonchev–Trinajstić information content (AvgIpc) is 2.65. The lowest BCUT2D eigenvalue weighted by atomic mass is 9.94. The third kappa shape index (κ3) is 4.69. The van der Waals surface area contributed by atoms with Gasteiger partial charge in [-0.2, -0.15) is 0 Å². The molecule has 0 spiro atoms. The van der Waals surface area contributed by atoms with Gasteiger partial charge in [-0.1, -0.05) is 6.07 Å². The maximum Gasteiger partial charge on any atom is 0.314 e. The molecule has 0 saturated heterocycles. The molecule has 0 aliphatic heterocycles. The van der Waals surface area contributed by atoms with Crippen LogP contribution in [0.3, 0.4) is 0 Å². The lowest BCUT2D eigenvalue weighted by molar-refractivity contribution is -0.386. The zero-order valence-corrected chi connectivity index (χ0v) is 14.5. The molecule has 0 bridgehead atoms. The number of esters is 1. The van der Waals surface area contributed by atoms with Gasteiger partial charge in [0, 0.05) is 12.0 Å². The summed E-state index contributed by atoms with van der Waals surface area (Å²) in [7, 11) is 0. The van der Waals surface area contributed by atoms with Gasteiger partial charge in [0.05, 0.1) is 4.92 Å². The highest BCUT2D eigenvalue weighted by Crippen LogP contribution is 2.37. The van der Waals surface area contributed by atoms with Crippen molar-refractivity contribution in [3.05, 3.63) is 33.4 Å². The number of phenols is 1. The van der Waals surface area contributed by atoms with Gasteiger partial charge in [-0.05, 0) is 70.4 Å². The Bertz CT molecular complexity index is 633. The zero-order chi connectivity index (χ0) is 17.9. The van der Waals surface area contributed by atoms with Gasteiger partial charge in [0.25, 0.3) is 0 Å². The van der Waals surface area contributed by atoms with Gasteiger partial charge in [-0.25, -0.2) is 0 Å². The number of ether oxygens (including phenoxy) is 1. The van der Waals surface area contributed by atoms with Crippen LogP contribution >= 0.6 is 0 Å². The van der Waals surface area contributed by atoms with Crippen molar-refractivity contribution >= 4 is 11.7 Å². The largest absolute Gasteiger partial charge is 0.502 e. The number of fused-ring (bicyclic) bond motifs is 1. The summed E-state index contributed by atoms with van der Waals surface area (Å²) in [6.45, 7) is 5.54. The SMILES string of the molecule is CC(C)(C)OC(=O)CCC1CCc2ccc(O)c([N+](=O)[O-])c2CC1. The van der Waals surface area contributed by atoms with Gasteiger partial charge in [0.15, 0.2) is 5.75 Å². The molecule has 1 aliphatic rings. The van der Waals surface area contributed by atoms with Crippen molar-refractivity contribution in [1.82, 2.24) is 0 Å². The number of carbonyl (C=O) groups is 1. The summed E-state index contributed by atoms with van der Waals surface area (Å²) in [6, 6.07) is 3.17. The number of nitro groups is 1. The van der Waals surface area contributed by atoms with Crippen molar-refractivity contribution in [1.29, 1.82) is 0 Å². The minimum absolute atomic E-state index is 0.166. The Kier molecular flexibility index (Phi) is 5.47. The van der Waals surface area contributed by atoms with Crippen molar-refractivity contribution in [2.24, 2.45) is 5.92 Å². The molecule has 2 rings (SSSR count). The summed E-state index contributed by atoms with van der Waals surface area (Å²) in [5, 5.41) is 21.0. The maximum atomic E-state index is 11.8. The molecule has 132 valence electrons. The van der Waals surface area contributed by atoms with E-state index in [9.17, 15) is 20.0 Å². The standard InChI is InChI=1S/C18H25NO5/c1-18(2,3)24-16(21)11-6-12-4-7-13-8-10-15(20)17(19(22)23)14(13)9-5-12/h8,10,12,20H,4-7,9,11H2,1-3H3. The van der Waals surface area contributed by atoms with Crippen molar-refractivity contribution in [2.75, 3.05) is 0 Å². The molecular weight excluding hydrogens is 310 g/mol. The van der Waals surface area contributed by atoms with Gasteiger partial charge >= 0.3 is 11.7 Å². The molecule has 1 aliphatic carbocycles. The number of hydrogen-bond acceptors (Lipinski definition) is 5. The molecule has 6 heteroatoms. The van der Waals surface area contributed by atoms with Crippen molar-refractivity contribution in [3.63, 3.8) is 0 Å². The van der Waals surface area contributed by atoms with E-state index in [0.29, 0.717) is 24.3 Å². The predicted molar refractivity (Wildman–Crippen MR) is 90.0 cm³/mol. The topological polar surface area (TPSA) is 89.7 Å². The summed E-state index contributed by atoms with van der Waals surface area (Å²) in [6.07, 6.45) is 4.04. The summed E-state index contributed by atoms with van der Waals surface area (Å²) < 4.78 is 5.33. The van der Waals surface area contributed by atoms with Gasteiger partial charge in [-0.15, -0.1) is 0 Å². The number of benzene rings is 1. The molecule has 1 unspecified atom stereocenters. The van der Waals surface area contributed by atoms with Crippen LogP contribution in [-0.2, 0) is 22.4 Å². The van der Waals surface area contributed by atoms with E-state index in [-0.39, 0.29) is 17.4 Å². The normalized spacial score (nSPS) is 17.7. The van der Waals surface area contributed by atoms with Crippen LogP contribution in [0.15, 0.2) is 12.1 Å². The number of nitro benzene ring substituents is 1. The number of phenolic OH excluding ortho intramolecular Hbond substituents is 1. The fourth-order valence-corrected chi connectivity index (χ4v) is 3.24. The van der Waals surface area contributed by atoms with Crippen LogP contribution in [0, 0.1) is 16.0 Å². The Labute approximate surface area is 142 Å². The Hall–Kier alpha value is -2.11. The first-order valence-electron chi connectivity index (χ1n) is 8.37. The van der Waals surface area contributed by atoms with Crippen molar-refractivity contribution in [2.45, 2.75) is 64.9 Å². The molecule has 0 aromatic heterocycles. The second-order valence-electron chi connectivity index (χ2n) is 7.40. The van der Waals surface area contributed by atoms with E-state index in [1.165, 1.54) is 6.07 Å². The van der Waals surface area contributed by atoms with Crippen LogP contribution in [0.1, 0.15) is 57.6 Å². The molecule has 24 heavy (non-hydrogen) atoms. The fraction of sp³-hybridized carbons (Fsp3) is 0.611. The molecule has 0 saturated carbocycles. The number of nitrogens with zero attached hydrogens (tertiary/aromatic N) is 1. The Balaban J connectivity index is 2.00. The molecular formula is C18H25NO5. The first kappa shape index (κ1) is 18.2. The minimum atomic E-state index is -0.505. The van der Waals surface area contributed by atoms with E-state index in [0.717, 1.165) is 31.2 Å². The number of aryl methyl sites for hydroxylation is 1. The molecule has 0 fully saturated rings. The van der Waals surface area contributed by atoms with Crippen LogP contribution < -0.4 is 0 Å². The quantitative estimate of drug-likeness (QED) is 0.390. The molecule has 0 heterocycles. The summed E-state index contributed by atoms with van der Waals surface area (Å²) in [4.78, 5) is 22.6. The highest BCUT2D eigenvalue weighted by molar-refractivity contribution is 5.69. The van der Waals surface area contributed by atoms with Crippen LogP contribution in [0.4, 0.5) is 5.69 Å². The third-order valence-electron chi connectivity index (χ3n) is 4.34. The lowest BCUT2D eigenvalue weighted by Crippen LogP contribution is -2.24. The zero-order valence-electron chi connectivity index (χ0n) is 14.5. The molecule has 0 amide bonds. The highest BCUT2D eigenvalue weighted by Gasteiger charge is 2.27. The number of aromatic hydroxyl groups is 1. The van der Waals surface area contributed by atoms with Crippen molar-refractivity contribution < 1.29 is 19.6 Å². The van der Waals surface area contributed by atoms with E-state index in [1.54, 1.807) is 6.07 Å². The summed E-state index contributed by atoms with van der Waals surface area (Å²) >= 11 is 0. The fourth-order valence-electron chi connectivity index (χ4n) is 3.24. The van der Waals surface area contributed by atoms with E-state index in [2.05, 4.69) is 0 Å². The predicted octanol–water partition coefficient (Wildman–Crippen LogP) is 3.92. The van der Waals surface area contributed by atoms with Gasteiger partial charge < -0.3 is 9.84 Å². The number of hydrogen-bond donors (Lipinski definition) is 1. The molecule has 1 aromatic rings. The average molecular weight is 335 g/mol. The second-order valence-corrected chi connectivity index (χ2v) is 7.40. The monoisotopic (exact) mass is 335 g/mol. The van der Waals surface area contributed by atoms with E-state index < -0.39 is 10.5 Å². The highest BCUT2D eigenvalue weighted by atomic mass is 16.6. The Morgan fingerprint density at radius 3 is 2.62 bits per heavy atom. The second kappa shape index (κ2) is 7.20. The summed E-state index contributed by atoms with van der Waals surface area (Å²) in [5.41, 5.74) is 0.925. The lowest BCUT2D eigenvalue weighted by Gasteiger charge is -2.20. The smallest absolute Gasteiger partial charge is 0.314 e. The maximum absolute atomic E-state index is 11.8. The number of carbonyl (C=O) groups excluding carboxylic acids is 1. The molecule has 6 nitrogen and oxygen atoms in total. The first-order chi connectivity index (χ1) is 11.2. The molecule has 1 atom stereocenters. The third-order valence-corrected chi connectivity index (χ3v) is 4.34. The Morgan fingerprint density at radius 2 is 2.00 bits per heavy atom. The van der Waals surface area contributed by atoms with E-state index >= 15 is 0 Å². The first-order valence-corrected chi connectivity index (χ1v) is 8.37. The van der Waals surface area contributed by atoms with Crippen molar-refractivity contribution in [3.8, 4) is 5.75 Å². The number of rotatable bonds is 4. The molecule has 1 aromatic carbocycles. The minimum Gasteiger partial charge on any atom is -0.502 e. The molecule has 0 radical (unpaired) electrons. The molecule has 1 N–H and O–H groups in total. The summed E-state index contributed by atoms with van der Waals surface area (Å²) in [5.74, 6) is -0.148. The van der Waals surface area contributed by atoms with Crippen LogP contribution in [0.2, 0.25) is 0 Å². The Morgan fingerprint density at radius 1 is 1.33 bits per heavy atom. The van der Waals surface area contributed by atoms with Gasteiger partial charge in [-0.3, -0.25) is 14.9 Å². The van der Waals surface area contributed by atoms with Gasteiger partial charge in [0.1, 0.15) is 5.60 Å². The van der Waals surface area contributed by atoms with Gasteiger partial charge in [0.2, 0.25) is 0 Å². The van der Waals surface area contributed by atoms with Crippen LogP contribution in [-0.4, -0.2) is 21.6 Å². The van der Waals surface area contributed by atoms with E-state index in [4.69, 9.17) is 4.74 Å². The van der Waals surface area contributed by atoms with Crippen LogP contribution in [0.25, 0.3) is 0 Å². The van der Waals surface area contributed by atoms with E-state index in [1.807, 2.05) is 20.8 Å².